The second-order valence-electron chi connectivity index (χ2n) is 11.1. The summed E-state index contributed by atoms with van der Waals surface area (Å²) in [7, 11) is -1.85. The maximum Gasteiger partial charge on any atom is 0.261 e. The van der Waals surface area contributed by atoms with Crippen LogP contribution in [0, 0.1) is 19.7 Å². The molecule has 1 saturated heterocycles. The maximum atomic E-state index is 13.7. The van der Waals surface area contributed by atoms with Gasteiger partial charge in [-0.2, -0.15) is 0 Å². The largest absolute Gasteiger partial charge is 0.369 e. The smallest absolute Gasteiger partial charge is 0.261 e. The van der Waals surface area contributed by atoms with Gasteiger partial charge in [-0.25, -0.2) is 22.8 Å². The van der Waals surface area contributed by atoms with Crippen molar-refractivity contribution in [3.8, 4) is 16.9 Å². The summed E-state index contributed by atoms with van der Waals surface area (Å²) < 4.78 is 45.7. The molecule has 11 heteroatoms. The van der Waals surface area contributed by atoms with E-state index in [0.717, 1.165) is 54.2 Å². The number of anilines is 4. The van der Waals surface area contributed by atoms with Crippen molar-refractivity contribution in [3.05, 3.63) is 108 Å². The first-order valence-electron chi connectivity index (χ1n) is 14.4. The molecule has 0 radical (unpaired) electrons. The number of hydrogen-bond acceptors (Lipinski definition) is 7. The van der Waals surface area contributed by atoms with Gasteiger partial charge in [0.1, 0.15) is 5.82 Å². The van der Waals surface area contributed by atoms with E-state index in [1.807, 2.05) is 49.0 Å². The van der Waals surface area contributed by atoms with Gasteiger partial charge in [0, 0.05) is 67.4 Å². The van der Waals surface area contributed by atoms with Gasteiger partial charge < -0.3 is 19.7 Å². The number of piperazine rings is 1. The Bertz CT molecular complexity index is 1900. The molecular formula is C33H34FN7O2S. The summed E-state index contributed by atoms with van der Waals surface area (Å²) in [5, 5.41) is 3.16. The standard InChI is InChI=1S/C33H34FN7O2S/c1-23-11-13-41(22-23)29-19-27(18-28(20-29)40-16-14-39(3)15-17-40)38-44(42,43)30-9-4-24(2)32(21-30)37-33-35-12-10-31(36-33)25-5-7-26(34)8-6-25/h4-13,18-22,38H,14-17H2,1-3H3,(H,35,36,37). The normalized spacial score (nSPS) is 14.0. The van der Waals surface area contributed by atoms with Crippen LogP contribution in [0.15, 0.2) is 96.3 Å². The lowest BCUT2D eigenvalue weighted by molar-refractivity contribution is 0.313. The molecule has 0 aliphatic carbocycles. The van der Waals surface area contributed by atoms with Gasteiger partial charge >= 0.3 is 0 Å². The predicted octanol–water partition coefficient (Wildman–Crippen LogP) is 5.99. The van der Waals surface area contributed by atoms with Crippen LogP contribution in [0.2, 0.25) is 0 Å². The van der Waals surface area contributed by atoms with Crippen LogP contribution in [0.5, 0.6) is 0 Å². The van der Waals surface area contributed by atoms with Crippen LogP contribution >= 0.6 is 0 Å². The third kappa shape index (κ3) is 6.58. The van der Waals surface area contributed by atoms with Gasteiger partial charge in [-0.05, 0) is 98.8 Å². The molecule has 3 heterocycles. The predicted molar refractivity (Wildman–Crippen MR) is 173 cm³/mol. The Balaban J connectivity index is 1.28. The summed E-state index contributed by atoms with van der Waals surface area (Å²) in [5.74, 6) is -0.0329. The molecule has 0 saturated carbocycles. The molecule has 0 unspecified atom stereocenters. The molecule has 0 bridgehead atoms. The number of halogens is 1. The lowest BCUT2D eigenvalue weighted by Crippen LogP contribution is -2.44. The van der Waals surface area contributed by atoms with Crippen LogP contribution in [0.25, 0.3) is 16.9 Å². The van der Waals surface area contributed by atoms with Gasteiger partial charge in [0.2, 0.25) is 5.95 Å². The van der Waals surface area contributed by atoms with Crippen molar-refractivity contribution in [1.82, 2.24) is 19.4 Å². The fourth-order valence-corrected chi connectivity index (χ4v) is 6.22. The summed E-state index contributed by atoms with van der Waals surface area (Å²) in [6.07, 6.45) is 5.59. The minimum atomic E-state index is -3.95. The van der Waals surface area contributed by atoms with Crippen molar-refractivity contribution in [2.45, 2.75) is 18.7 Å². The first-order valence-corrected chi connectivity index (χ1v) is 15.8. The minimum Gasteiger partial charge on any atom is -0.369 e. The number of sulfonamides is 1. The molecule has 3 aromatic carbocycles. The second-order valence-corrected chi connectivity index (χ2v) is 12.8. The summed E-state index contributed by atoms with van der Waals surface area (Å²) in [6, 6.07) is 20.5. The van der Waals surface area contributed by atoms with Crippen LogP contribution in [0.3, 0.4) is 0 Å². The molecule has 1 aliphatic rings. The van der Waals surface area contributed by atoms with Gasteiger partial charge in [-0.15, -0.1) is 0 Å². The summed E-state index contributed by atoms with van der Waals surface area (Å²) in [5.41, 5.74) is 6.15. The minimum absolute atomic E-state index is 0.101. The highest BCUT2D eigenvalue weighted by atomic mass is 32.2. The number of benzene rings is 3. The van der Waals surface area contributed by atoms with Crippen molar-refractivity contribution in [2.24, 2.45) is 0 Å². The van der Waals surface area contributed by atoms with E-state index in [4.69, 9.17) is 0 Å². The molecule has 0 amide bonds. The van der Waals surface area contributed by atoms with E-state index in [2.05, 4.69) is 42.9 Å². The highest BCUT2D eigenvalue weighted by Crippen LogP contribution is 2.30. The molecule has 1 fully saturated rings. The van der Waals surface area contributed by atoms with E-state index in [1.165, 1.54) is 12.1 Å². The van der Waals surface area contributed by atoms with Crippen molar-refractivity contribution >= 4 is 33.0 Å². The quantitative estimate of drug-likeness (QED) is 0.223. The number of nitrogens with one attached hydrogen (secondary N) is 2. The number of nitrogens with zero attached hydrogens (tertiary/aromatic N) is 5. The maximum absolute atomic E-state index is 13.7. The zero-order valence-electron chi connectivity index (χ0n) is 24.8. The molecule has 0 atom stereocenters. The molecule has 2 aromatic heterocycles. The average Bonchev–Trinajstić information content (AvgIpc) is 3.45. The third-order valence-electron chi connectivity index (χ3n) is 7.72. The van der Waals surface area contributed by atoms with Crippen LogP contribution in [-0.2, 0) is 10.0 Å². The number of likely N-dealkylation sites (N-methyl/N-ethyl adjacent to an activating group) is 1. The van der Waals surface area contributed by atoms with Crippen LogP contribution in [0.4, 0.5) is 27.4 Å². The average molecular weight is 612 g/mol. The van der Waals surface area contributed by atoms with Crippen LogP contribution < -0.4 is 14.9 Å². The Hall–Kier alpha value is -4.74. The monoisotopic (exact) mass is 611 g/mol. The first-order chi connectivity index (χ1) is 21.1. The Labute approximate surface area is 257 Å². The fraction of sp³-hybridized carbons (Fsp3) is 0.212. The van der Waals surface area contributed by atoms with Crippen molar-refractivity contribution in [3.63, 3.8) is 0 Å². The van der Waals surface area contributed by atoms with E-state index in [9.17, 15) is 12.8 Å². The molecule has 5 aromatic rings. The molecule has 6 rings (SSSR count). The van der Waals surface area contributed by atoms with E-state index < -0.39 is 10.0 Å². The third-order valence-corrected chi connectivity index (χ3v) is 9.10. The molecule has 0 spiro atoms. The zero-order valence-corrected chi connectivity index (χ0v) is 25.6. The Kier molecular flexibility index (Phi) is 8.07. The van der Waals surface area contributed by atoms with Crippen molar-refractivity contribution in [2.75, 3.05) is 48.2 Å². The van der Waals surface area contributed by atoms with E-state index in [-0.39, 0.29) is 10.7 Å². The van der Waals surface area contributed by atoms with Gasteiger partial charge in [-0.1, -0.05) is 6.07 Å². The highest BCUT2D eigenvalue weighted by molar-refractivity contribution is 7.92. The molecule has 44 heavy (non-hydrogen) atoms. The molecule has 2 N–H and O–H groups in total. The summed E-state index contributed by atoms with van der Waals surface area (Å²) >= 11 is 0. The topological polar surface area (TPSA) is 95.4 Å². The Morgan fingerprint density at radius 1 is 0.864 bits per heavy atom. The second kappa shape index (κ2) is 12.1. The van der Waals surface area contributed by atoms with Gasteiger partial charge in [0.25, 0.3) is 10.0 Å². The highest BCUT2D eigenvalue weighted by Gasteiger charge is 2.20. The molecule has 1 aliphatic heterocycles. The van der Waals surface area contributed by atoms with E-state index >= 15 is 0 Å². The van der Waals surface area contributed by atoms with Crippen molar-refractivity contribution in [1.29, 1.82) is 0 Å². The number of aryl methyl sites for hydroxylation is 2. The lowest BCUT2D eigenvalue weighted by atomic mass is 10.1. The summed E-state index contributed by atoms with van der Waals surface area (Å²) in [6.45, 7) is 7.48. The van der Waals surface area contributed by atoms with Crippen LogP contribution in [-0.4, -0.2) is 61.1 Å². The van der Waals surface area contributed by atoms with E-state index in [1.54, 1.807) is 42.6 Å². The van der Waals surface area contributed by atoms with Crippen LogP contribution in [0.1, 0.15) is 11.1 Å². The fourth-order valence-electron chi connectivity index (χ4n) is 5.15. The van der Waals surface area contributed by atoms with Gasteiger partial charge in [0.15, 0.2) is 0 Å². The van der Waals surface area contributed by atoms with Crippen molar-refractivity contribution < 1.29 is 12.8 Å². The van der Waals surface area contributed by atoms with Gasteiger partial charge in [0.05, 0.1) is 16.3 Å². The number of aromatic nitrogens is 3. The van der Waals surface area contributed by atoms with Gasteiger partial charge in [-0.3, -0.25) is 4.72 Å². The lowest BCUT2D eigenvalue weighted by Gasteiger charge is -2.34. The number of hydrogen-bond donors (Lipinski definition) is 2. The summed E-state index contributed by atoms with van der Waals surface area (Å²) in [4.78, 5) is 13.5. The number of rotatable bonds is 8. The first kappa shape index (κ1) is 29.3. The molecule has 226 valence electrons. The Morgan fingerprint density at radius 3 is 2.34 bits per heavy atom. The SMILES string of the molecule is Cc1ccn(-c2cc(NS(=O)(=O)c3ccc(C)c(Nc4nccc(-c5ccc(F)cc5)n4)c3)cc(N3CCN(C)CC3)c2)c1. The van der Waals surface area contributed by atoms with E-state index in [0.29, 0.717) is 23.0 Å². The Morgan fingerprint density at radius 2 is 1.61 bits per heavy atom. The zero-order chi connectivity index (χ0) is 30.8. The molecular weight excluding hydrogens is 577 g/mol. The molecule has 9 nitrogen and oxygen atoms in total.